The third kappa shape index (κ3) is 3.95. The van der Waals surface area contributed by atoms with Gasteiger partial charge in [0.05, 0.1) is 0 Å². The molecule has 0 bridgehead atoms. The second-order valence-electron chi connectivity index (χ2n) is 4.58. The zero-order valence-electron chi connectivity index (χ0n) is 11.7. The summed E-state index contributed by atoms with van der Waals surface area (Å²) in [5.74, 6) is -1.01. The fourth-order valence-corrected chi connectivity index (χ4v) is 1.82. The molecule has 2 aromatic rings. The lowest BCUT2D eigenvalue weighted by Gasteiger charge is -2.10. The van der Waals surface area contributed by atoms with Gasteiger partial charge in [0.15, 0.2) is 11.6 Å². The summed E-state index contributed by atoms with van der Waals surface area (Å²) < 4.78 is 13.2. The average molecular weight is 288 g/mol. The molecular formula is C16H17FN2O2. The Labute approximate surface area is 122 Å². The Morgan fingerprint density at radius 1 is 1.14 bits per heavy atom. The minimum absolute atomic E-state index is 0.0413. The molecule has 1 amide bonds. The first-order valence-electron chi connectivity index (χ1n) is 6.70. The monoisotopic (exact) mass is 288 g/mol. The highest BCUT2D eigenvalue weighted by molar-refractivity contribution is 5.90. The van der Waals surface area contributed by atoms with Crippen molar-refractivity contribution >= 4 is 17.3 Å². The first kappa shape index (κ1) is 14.8. The molecule has 2 aromatic carbocycles. The minimum Gasteiger partial charge on any atom is -0.505 e. The van der Waals surface area contributed by atoms with Crippen LogP contribution in [-0.4, -0.2) is 11.0 Å². The maximum absolute atomic E-state index is 13.2. The van der Waals surface area contributed by atoms with Gasteiger partial charge in [0.25, 0.3) is 0 Å². The molecule has 0 saturated carbocycles. The van der Waals surface area contributed by atoms with Crippen molar-refractivity contribution < 1.29 is 14.3 Å². The molecule has 0 aliphatic carbocycles. The van der Waals surface area contributed by atoms with E-state index in [1.165, 1.54) is 6.07 Å². The molecule has 21 heavy (non-hydrogen) atoms. The van der Waals surface area contributed by atoms with Crippen LogP contribution >= 0.6 is 0 Å². The van der Waals surface area contributed by atoms with Crippen molar-refractivity contribution in [2.45, 2.75) is 19.9 Å². The minimum atomic E-state index is -0.632. The number of amides is 1. The van der Waals surface area contributed by atoms with Crippen LogP contribution in [0.2, 0.25) is 0 Å². The van der Waals surface area contributed by atoms with Gasteiger partial charge in [0, 0.05) is 29.9 Å². The number of nitrogens with one attached hydrogen (secondary N) is 2. The normalized spacial score (nSPS) is 10.2. The maximum atomic E-state index is 13.2. The number of anilines is 2. The predicted molar refractivity (Wildman–Crippen MR) is 80.8 cm³/mol. The van der Waals surface area contributed by atoms with Crippen LogP contribution in [0.1, 0.15) is 18.9 Å². The zero-order chi connectivity index (χ0) is 15.2. The molecule has 0 unspecified atom stereocenters. The van der Waals surface area contributed by atoms with E-state index in [0.29, 0.717) is 18.5 Å². The fourth-order valence-electron chi connectivity index (χ4n) is 1.82. The largest absolute Gasteiger partial charge is 0.505 e. The van der Waals surface area contributed by atoms with Crippen molar-refractivity contribution in [1.82, 2.24) is 0 Å². The lowest BCUT2D eigenvalue weighted by molar-refractivity contribution is -0.115. The molecule has 0 aliphatic rings. The van der Waals surface area contributed by atoms with E-state index in [-0.39, 0.29) is 11.7 Å². The third-order valence-corrected chi connectivity index (χ3v) is 3.04. The zero-order valence-corrected chi connectivity index (χ0v) is 11.7. The molecule has 3 N–H and O–H groups in total. The number of para-hydroxylation sites is 1. The fraction of sp³-hybridized carbons (Fsp3) is 0.188. The van der Waals surface area contributed by atoms with E-state index in [1.54, 1.807) is 31.2 Å². The Morgan fingerprint density at radius 3 is 2.48 bits per heavy atom. The standard InChI is InChI=1S/C16H17FN2O2/c1-2-15(20)19-13-8-6-12(7-9-13)18-10-11-4-3-5-14(17)16(11)21/h3-9,18,21H,2,10H2,1H3,(H,19,20). The van der Waals surface area contributed by atoms with E-state index < -0.39 is 5.82 Å². The topological polar surface area (TPSA) is 61.4 Å². The van der Waals surface area contributed by atoms with E-state index in [4.69, 9.17) is 0 Å². The summed E-state index contributed by atoms with van der Waals surface area (Å²) in [4.78, 5) is 11.3. The first-order valence-corrected chi connectivity index (χ1v) is 6.70. The smallest absolute Gasteiger partial charge is 0.224 e. The molecule has 0 spiro atoms. The number of halogens is 1. The summed E-state index contributed by atoms with van der Waals surface area (Å²) in [7, 11) is 0. The van der Waals surface area contributed by atoms with Crippen molar-refractivity contribution in [2.24, 2.45) is 0 Å². The van der Waals surface area contributed by atoms with Gasteiger partial charge in [-0.3, -0.25) is 4.79 Å². The van der Waals surface area contributed by atoms with Gasteiger partial charge in [-0.2, -0.15) is 0 Å². The molecule has 0 aliphatic heterocycles. The van der Waals surface area contributed by atoms with Crippen LogP contribution in [0.25, 0.3) is 0 Å². The molecule has 0 heterocycles. The Kier molecular flexibility index (Phi) is 4.77. The van der Waals surface area contributed by atoms with Crippen LogP contribution in [-0.2, 0) is 11.3 Å². The van der Waals surface area contributed by atoms with Gasteiger partial charge in [-0.05, 0) is 30.3 Å². The molecule has 0 fully saturated rings. The van der Waals surface area contributed by atoms with Gasteiger partial charge >= 0.3 is 0 Å². The number of phenols is 1. The molecular weight excluding hydrogens is 271 g/mol. The van der Waals surface area contributed by atoms with Crippen molar-refractivity contribution in [2.75, 3.05) is 10.6 Å². The number of carbonyl (C=O) groups excluding carboxylic acids is 1. The van der Waals surface area contributed by atoms with Gasteiger partial charge in [0.1, 0.15) is 0 Å². The molecule has 0 saturated heterocycles. The van der Waals surface area contributed by atoms with Crippen molar-refractivity contribution in [3.05, 3.63) is 53.8 Å². The summed E-state index contributed by atoms with van der Waals surface area (Å²) in [6.07, 6.45) is 0.429. The summed E-state index contributed by atoms with van der Waals surface area (Å²) >= 11 is 0. The molecule has 0 aromatic heterocycles. The van der Waals surface area contributed by atoms with Crippen LogP contribution in [0, 0.1) is 5.82 Å². The van der Waals surface area contributed by atoms with Gasteiger partial charge in [-0.25, -0.2) is 4.39 Å². The molecule has 4 nitrogen and oxygen atoms in total. The second-order valence-corrected chi connectivity index (χ2v) is 4.58. The summed E-state index contributed by atoms with van der Waals surface area (Å²) in [5.41, 5.74) is 2.02. The van der Waals surface area contributed by atoms with E-state index in [1.807, 2.05) is 12.1 Å². The Bertz CT molecular complexity index is 627. The molecule has 0 atom stereocenters. The van der Waals surface area contributed by atoms with Crippen molar-refractivity contribution in [1.29, 1.82) is 0 Å². The number of hydrogen-bond acceptors (Lipinski definition) is 3. The number of rotatable bonds is 5. The highest BCUT2D eigenvalue weighted by atomic mass is 19.1. The van der Waals surface area contributed by atoms with Gasteiger partial charge in [-0.1, -0.05) is 19.1 Å². The number of phenolic OH excluding ortho intramolecular Hbond substituents is 1. The van der Waals surface area contributed by atoms with E-state index in [0.717, 1.165) is 11.4 Å². The maximum Gasteiger partial charge on any atom is 0.224 e. The van der Waals surface area contributed by atoms with E-state index in [2.05, 4.69) is 10.6 Å². The van der Waals surface area contributed by atoms with Crippen LogP contribution < -0.4 is 10.6 Å². The summed E-state index contributed by atoms with van der Waals surface area (Å²) in [6.45, 7) is 2.10. The van der Waals surface area contributed by atoms with Gasteiger partial charge in [-0.15, -0.1) is 0 Å². The quantitative estimate of drug-likeness (QED) is 0.789. The van der Waals surface area contributed by atoms with Gasteiger partial charge in [0.2, 0.25) is 5.91 Å². The Balaban J connectivity index is 1.97. The van der Waals surface area contributed by atoms with Crippen molar-refractivity contribution in [3.8, 4) is 5.75 Å². The number of carbonyl (C=O) groups is 1. The number of benzene rings is 2. The highest BCUT2D eigenvalue weighted by Gasteiger charge is 2.06. The van der Waals surface area contributed by atoms with Crippen LogP contribution in [0.5, 0.6) is 5.75 Å². The Morgan fingerprint density at radius 2 is 1.81 bits per heavy atom. The second kappa shape index (κ2) is 6.74. The highest BCUT2D eigenvalue weighted by Crippen LogP contribution is 2.22. The summed E-state index contributed by atoms with van der Waals surface area (Å²) in [5, 5.41) is 15.4. The average Bonchev–Trinajstić information content (AvgIpc) is 2.50. The van der Waals surface area contributed by atoms with E-state index >= 15 is 0 Å². The van der Waals surface area contributed by atoms with Crippen molar-refractivity contribution in [3.63, 3.8) is 0 Å². The molecule has 5 heteroatoms. The summed E-state index contributed by atoms with van der Waals surface area (Å²) in [6, 6.07) is 11.6. The first-order chi connectivity index (χ1) is 10.1. The molecule has 110 valence electrons. The Hall–Kier alpha value is -2.56. The lowest BCUT2D eigenvalue weighted by atomic mass is 10.2. The molecule has 0 radical (unpaired) electrons. The molecule has 2 rings (SSSR count). The SMILES string of the molecule is CCC(=O)Nc1ccc(NCc2cccc(F)c2O)cc1. The number of aromatic hydroxyl groups is 1. The lowest BCUT2D eigenvalue weighted by Crippen LogP contribution is -2.09. The third-order valence-electron chi connectivity index (χ3n) is 3.04. The van der Waals surface area contributed by atoms with Gasteiger partial charge < -0.3 is 15.7 Å². The predicted octanol–water partition coefficient (Wildman–Crippen LogP) is 3.49. The van der Waals surface area contributed by atoms with Crippen LogP contribution in [0.3, 0.4) is 0 Å². The van der Waals surface area contributed by atoms with Crippen LogP contribution in [0.4, 0.5) is 15.8 Å². The number of hydrogen-bond donors (Lipinski definition) is 3. The van der Waals surface area contributed by atoms with Crippen LogP contribution in [0.15, 0.2) is 42.5 Å². The van der Waals surface area contributed by atoms with E-state index in [9.17, 15) is 14.3 Å².